The highest BCUT2D eigenvalue weighted by Gasteiger charge is 2.19. The third-order valence-corrected chi connectivity index (χ3v) is 6.18. The van der Waals surface area contributed by atoms with Crippen LogP contribution in [0.25, 0.3) is 6.08 Å². The summed E-state index contributed by atoms with van der Waals surface area (Å²) < 4.78 is 38.0. The summed E-state index contributed by atoms with van der Waals surface area (Å²) in [4.78, 5) is 12.5. The lowest BCUT2D eigenvalue weighted by Gasteiger charge is -2.08. The number of ether oxygens (including phenoxy) is 1. The number of rotatable bonds is 9. The minimum atomic E-state index is -3.91. The Balaban J connectivity index is 1.68. The molecular formula is C24H24N4O5S. The van der Waals surface area contributed by atoms with Gasteiger partial charge in [0.25, 0.3) is 15.9 Å². The molecule has 0 fully saturated rings. The Hall–Kier alpha value is -4.10. The Morgan fingerprint density at radius 1 is 1.15 bits per heavy atom. The van der Waals surface area contributed by atoms with Crippen molar-refractivity contribution in [3.8, 4) is 11.8 Å². The second kappa shape index (κ2) is 10.7. The van der Waals surface area contributed by atoms with E-state index >= 15 is 0 Å². The number of aryl methyl sites for hydroxylation is 1. The van der Waals surface area contributed by atoms with Gasteiger partial charge in [0.1, 0.15) is 17.4 Å². The number of hydrogen-bond acceptors (Lipinski definition) is 7. The largest absolute Gasteiger partial charge is 0.494 e. The zero-order valence-electron chi connectivity index (χ0n) is 19.0. The van der Waals surface area contributed by atoms with Crippen LogP contribution in [0, 0.1) is 25.2 Å². The lowest BCUT2D eigenvalue weighted by molar-refractivity contribution is -0.112. The molecule has 0 aliphatic heterocycles. The molecule has 9 nitrogen and oxygen atoms in total. The van der Waals surface area contributed by atoms with E-state index in [9.17, 15) is 18.5 Å². The van der Waals surface area contributed by atoms with Crippen LogP contribution in [0.3, 0.4) is 0 Å². The molecule has 0 unspecified atom stereocenters. The molecule has 0 spiro atoms. The Labute approximate surface area is 198 Å². The average Bonchev–Trinajstić information content (AvgIpc) is 3.13. The van der Waals surface area contributed by atoms with Crippen LogP contribution in [0.1, 0.15) is 30.2 Å². The molecule has 0 aliphatic rings. The summed E-state index contributed by atoms with van der Waals surface area (Å²) in [6.07, 6.45) is 2.36. The van der Waals surface area contributed by atoms with Crippen LogP contribution in [-0.2, 0) is 14.8 Å². The highest BCUT2D eigenvalue weighted by Crippen LogP contribution is 2.23. The number of hydrogen-bond donors (Lipinski definition) is 2. The Morgan fingerprint density at radius 2 is 1.82 bits per heavy atom. The number of amides is 1. The van der Waals surface area contributed by atoms with Crippen molar-refractivity contribution >= 4 is 33.6 Å². The standard InChI is InChI=1S/C24H24N4O5S/c1-4-13-32-21-9-5-18(6-10-21)14-19(15-25)23(29)26-20-7-11-22(12-8-20)34(30,31)28-24-16(2)17(3)27-33-24/h5-12,14,28H,4,13H2,1-3H3,(H,26,29)/b19-14+. The Bertz CT molecular complexity index is 1340. The molecule has 3 rings (SSSR count). The molecule has 0 saturated heterocycles. The molecule has 34 heavy (non-hydrogen) atoms. The minimum absolute atomic E-state index is 0.0274. The van der Waals surface area contributed by atoms with Gasteiger partial charge in [-0.2, -0.15) is 5.26 Å². The van der Waals surface area contributed by atoms with Gasteiger partial charge in [-0.15, -0.1) is 0 Å². The maximum atomic E-state index is 12.6. The average molecular weight is 481 g/mol. The quantitative estimate of drug-likeness (QED) is 0.342. The monoisotopic (exact) mass is 480 g/mol. The first kappa shape index (κ1) is 24.5. The summed E-state index contributed by atoms with van der Waals surface area (Å²) in [7, 11) is -3.91. The number of benzene rings is 2. The van der Waals surface area contributed by atoms with Crippen molar-refractivity contribution in [2.24, 2.45) is 0 Å². The van der Waals surface area contributed by atoms with E-state index in [4.69, 9.17) is 9.26 Å². The van der Waals surface area contributed by atoms with Gasteiger partial charge in [0.2, 0.25) is 5.88 Å². The maximum Gasteiger partial charge on any atom is 0.266 e. The number of sulfonamides is 1. The number of nitrogens with one attached hydrogen (secondary N) is 2. The van der Waals surface area contributed by atoms with Crippen LogP contribution >= 0.6 is 0 Å². The first-order valence-electron chi connectivity index (χ1n) is 10.4. The lowest BCUT2D eigenvalue weighted by Crippen LogP contribution is -2.15. The van der Waals surface area contributed by atoms with E-state index < -0.39 is 15.9 Å². The van der Waals surface area contributed by atoms with E-state index in [1.807, 2.05) is 13.0 Å². The van der Waals surface area contributed by atoms with Gasteiger partial charge in [-0.25, -0.2) is 13.1 Å². The van der Waals surface area contributed by atoms with Crippen molar-refractivity contribution in [1.82, 2.24) is 5.16 Å². The summed E-state index contributed by atoms with van der Waals surface area (Å²) in [6.45, 7) is 6.02. The predicted molar refractivity (Wildman–Crippen MR) is 128 cm³/mol. The second-order valence-electron chi connectivity index (χ2n) is 7.39. The molecule has 1 amide bonds. The van der Waals surface area contributed by atoms with Crippen molar-refractivity contribution in [2.45, 2.75) is 32.1 Å². The fraction of sp³-hybridized carbons (Fsp3) is 0.208. The number of carbonyl (C=O) groups is 1. The summed E-state index contributed by atoms with van der Waals surface area (Å²) in [5.74, 6) is 0.138. The van der Waals surface area contributed by atoms with Gasteiger partial charge in [0.05, 0.1) is 17.2 Å². The molecule has 10 heteroatoms. The van der Waals surface area contributed by atoms with Crippen LogP contribution in [-0.4, -0.2) is 26.1 Å². The van der Waals surface area contributed by atoms with Crippen LogP contribution in [0.4, 0.5) is 11.6 Å². The molecule has 0 aliphatic carbocycles. The fourth-order valence-electron chi connectivity index (χ4n) is 2.80. The van der Waals surface area contributed by atoms with Crippen LogP contribution < -0.4 is 14.8 Å². The van der Waals surface area contributed by atoms with E-state index in [0.717, 1.165) is 6.42 Å². The molecular weight excluding hydrogens is 456 g/mol. The molecule has 2 aromatic carbocycles. The molecule has 0 saturated carbocycles. The van der Waals surface area contributed by atoms with Gasteiger partial charge in [0.15, 0.2) is 0 Å². The lowest BCUT2D eigenvalue weighted by atomic mass is 10.1. The first-order chi connectivity index (χ1) is 16.2. The van der Waals surface area contributed by atoms with Crippen LogP contribution in [0.5, 0.6) is 5.75 Å². The SMILES string of the molecule is CCCOc1ccc(/C=C(\C#N)C(=O)Nc2ccc(S(=O)(=O)Nc3onc(C)c3C)cc2)cc1. The van der Waals surface area contributed by atoms with Crippen molar-refractivity contribution < 1.29 is 22.5 Å². The van der Waals surface area contributed by atoms with Gasteiger partial charge >= 0.3 is 0 Å². The number of anilines is 2. The van der Waals surface area contributed by atoms with Gasteiger partial charge in [0, 0.05) is 11.3 Å². The molecule has 2 N–H and O–H groups in total. The van der Waals surface area contributed by atoms with E-state index in [-0.39, 0.29) is 16.4 Å². The highest BCUT2D eigenvalue weighted by atomic mass is 32.2. The number of nitrogens with zero attached hydrogens (tertiary/aromatic N) is 2. The summed E-state index contributed by atoms with van der Waals surface area (Å²) in [5.41, 5.74) is 2.07. The smallest absolute Gasteiger partial charge is 0.266 e. The summed E-state index contributed by atoms with van der Waals surface area (Å²) in [6, 6.07) is 14.4. The Morgan fingerprint density at radius 3 is 2.38 bits per heavy atom. The zero-order valence-corrected chi connectivity index (χ0v) is 19.8. The maximum absolute atomic E-state index is 12.6. The van der Waals surface area contributed by atoms with Gasteiger partial charge in [-0.3, -0.25) is 4.79 Å². The second-order valence-corrected chi connectivity index (χ2v) is 9.08. The topological polar surface area (TPSA) is 134 Å². The van der Waals surface area contributed by atoms with E-state index in [1.54, 1.807) is 38.1 Å². The zero-order chi connectivity index (χ0) is 24.7. The van der Waals surface area contributed by atoms with E-state index in [2.05, 4.69) is 15.2 Å². The van der Waals surface area contributed by atoms with Gasteiger partial charge in [-0.05, 0) is 68.3 Å². The third-order valence-electron chi connectivity index (χ3n) is 4.84. The van der Waals surface area contributed by atoms with Gasteiger partial charge in [-0.1, -0.05) is 24.2 Å². The molecule has 176 valence electrons. The molecule has 0 radical (unpaired) electrons. The number of nitriles is 1. The summed E-state index contributed by atoms with van der Waals surface area (Å²) in [5, 5.41) is 15.7. The normalized spacial score (nSPS) is 11.5. The number of carbonyl (C=O) groups excluding carboxylic acids is 1. The molecule has 0 atom stereocenters. The molecule has 3 aromatic rings. The van der Waals surface area contributed by atoms with Crippen LogP contribution in [0.2, 0.25) is 0 Å². The molecule has 1 heterocycles. The number of aromatic nitrogens is 1. The third kappa shape index (κ3) is 6.02. The van der Waals surface area contributed by atoms with Gasteiger partial charge < -0.3 is 14.6 Å². The summed E-state index contributed by atoms with van der Waals surface area (Å²) >= 11 is 0. The van der Waals surface area contributed by atoms with Crippen molar-refractivity contribution in [2.75, 3.05) is 16.6 Å². The van der Waals surface area contributed by atoms with Crippen molar-refractivity contribution in [3.05, 3.63) is 70.9 Å². The van der Waals surface area contributed by atoms with E-state index in [1.165, 1.54) is 30.3 Å². The Kier molecular flexibility index (Phi) is 7.71. The first-order valence-corrected chi connectivity index (χ1v) is 11.9. The fourth-order valence-corrected chi connectivity index (χ4v) is 3.85. The van der Waals surface area contributed by atoms with Crippen molar-refractivity contribution in [1.29, 1.82) is 5.26 Å². The minimum Gasteiger partial charge on any atom is -0.494 e. The highest BCUT2D eigenvalue weighted by molar-refractivity contribution is 7.92. The van der Waals surface area contributed by atoms with Crippen molar-refractivity contribution in [3.63, 3.8) is 0 Å². The molecule has 0 bridgehead atoms. The van der Waals surface area contributed by atoms with E-state index in [0.29, 0.717) is 34.9 Å². The predicted octanol–water partition coefficient (Wildman–Crippen LogP) is 4.43. The molecule has 1 aromatic heterocycles. The van der Waals surface area contributed by atoms with Crippen LogP contribution in [0.15, 0.2) is 63.5 Å².